The average Bonchev–Trinajstić information content (AvgIpc) is 2.63. The molecule has 1 unspecified atom stereocenters. The lowest BCUT2D eigenvalue weighted by Gasteiger charge is -2.27. The standard InChI is InChI=1S/C20H24N2O3/c1-15(20(21)23)25-19-9-5-4-8-18(19)17-7-3-2-6-16(17)14-22-10-12-24-13-11-22/h2-9,15H,10-14H2,1H3,(H2,21,23). The van der Waals surface area contributed by atoms with Crippen LogP contribution in [-0.2, 0) is 16.1 Å². The average molecular weight is 340 g/mol. The van der Waals surface area contributed by atoms with E-state index in [2.05, 4.69) is 23.1 Å². The predicted octanol–water partition coefficient (Wildman–Crippen LogP) is 2.44. The summed E-state index contributed by atoms with van der Waals surface area (Å²) in [4.78, 5) is 13.7. The predicted molar refractivity (Wildman–Crippen MR) is 97.3 cm³/mol. The molecule has 1 aliphatic rings. The van der Waals surface area contributed by atoms with E-state index in [0.717, 1.165) is 44.0 Å². The van der Waals surface area contributed by atoms with Gasteiger partial charge in [-0.15, -0.1) is 0 Å². The second kappa shape index (κ2) is 8.14. The number of rotatable bonds is 6. The van der Waals surface area contributed by atoms with Crippen LogP contribution in [0.4, 0.5) is 0 Å². The minimum Gasteiger partial charge on any atom is -0.480 e. The Morgan fingerprint density at radius 2 is 1.76 bits per heavy atom. The first-order valence-electron chi connectivity index (χ1n) is 8.58. The normalized spacial score (nSPS) is 16.4. The molecule has 2 aromatic rings. The number of ether oxygens (including phenoxy) is 2. The summed E-state index contributed by atoms with van der Waals surface area (Å²) in [6.45, 7) is 5.95. The van der Waals surface area contributed by atoms with E-state index in [1.807, 2.05) is 30.3 Å². The van der Waals surface area contributed by atoms with Crippen molar-refractivity contribution < 1.29 is 14.3 Å². The van der Waals surface area contributed by atoms with Gasteiger partial charge in [-0.05, 0) is 24.1 Å². The molecular formula is C20H24N2O3. The fourth-order valence-electron chi connectivity index (χ4n) is 2.96. The minimum atomic E-state index is -0.674. The summed E-state index contributed by atoms with van der Waals surface area (Å²) in [6.07, 6.45) is -0.674. The van der Waals surface area contributed by atoms with Crippen molar-refractivity contribution in [3.63, 3.8) is 0 Å². The molecule has 1 fully saturated rings. The molecule has 0 saturated carbocycles. The topological polar surface area (TPSA) is 64.8 Å². The highest BCUT2D eigenvalue weighted by Crippen LogP contribution is 2.33. The van der Waals surface area contributed by atoms with Crippen molar-refractivity contribution in [2.24, 2.45) is 5.73 Å². The number of hydrogen-bond donors (Lipinski definition) is 1. The Bertz CT molecular complexity index is 726. The number of para-hydroxylation sites is 1. The van der Waals surface area contributed by atoms with Gasteiger partial charge >= 0.3 is 0 Å². The molecule has 5 nitrogen and oxygen atoms in total. The monoisotopic (exact) mass is 340 g/mol. The molecule has 2 N–H and O–H groups in total. The molecule has 0 aliphatic carbocycles. The Hall–Kier alpha value is -2.37. The number of morpholine rings is 1. The van der Waals surface area contributed by atoms with Crippen molar-refractivity contribution in [3.05, 3.63) is 54.1 Å². The number of nitrogens with two attached hydrogens (primary N) is 1. The van der Waals surface area contributed by atoms with Crippen molar-refractivity contribution in [2.45, 2.75) is 19.6 Å². The van der Waals surface area contributed by atoms with Gasteiger partial charge in [0.1, 0.15) is 5.75 Å². The molecule has 2 aromatic carbocycles. The molecule has 0 bridgehead atoms. The van der Waals surface area contributed by atoms with Gasteiger partial charge in [-0.2, -0.15) is 0 Å². The maximum atomic E-state index is 11.4. The van der Waals surface area contributed by atoms with E-state index in [0.29, 0.717) is 5.75 Å². The number of hydrogen-bond acceptors (Lipinski definition) is 4. The van der Waals surface area contributed by atoms with Gasteiger partial charge in [0.25, 0.3) is 5.91 Å². The Kier molecular flexibility index (Phi) is 5.68. The smallest absolute Gasteiger partial charge is 0.258 e. The summed E-state index contributed by atoms with van der Waals surface area (Å²) in [6, 6.07) is 16.1. The van der Waals surface area contributed by atoms with Crippen LogP contribution in [0.3, 0.4) is 0 Å². The lowest BCUT2D eigenvalue weighted by atomic mass is 9.98. The summed E-state index contributed by atoms with van der Waals surface area (Å²) in [5.41, 5.74) is 8.66. The van der Waals surface area contributed by atoms with E-state index in [-0.39, 0.29) is 0 Å². The van der Waals surface area contributed by atoms with E-state index in [4.69, 9.17) is 15.2 Å². The van der Waals surface area contributed by atoms with Crippen LogP contribution in [0.2, 0.25) is 0 Å². The first-order chi connectivity index (χ1) is 12.1. The second-order valence-corrected chi connectivity index (χ2v) is 6.20. The van der Waals surface area contributed by atoms with Crippen LogP contribution in [0.5, 0.6) is 5.75 Å². The van der Waals surface area contributed by atoms with E-state index in [1.54, 1.807) is 6.92 Å². The van der Waals surface area contributed by atoms with Gasteiger partial charge in [0.2, 0.25) is 0 Å². The zero-order chi connectivity index (χ0) is 17.6. The summed E-state index contributed by atoms with van der Waals surface area (Å²) in [5, 5.41) is 0. The third-order valence-electron chi connectivity index (χ3n) is 4.40. The van der Waals surface area contributed by atoms with Gasteiger partial charge in [0.05, 0.1) is 13.2 Å². The second-order valence-electron chi connectivity index (χ2n) is 6.20. The quantitative estimate of drug-likeness (QED) is 0.877. The molecule has 5 heteroatoms. The minimum absolute atomic E-state index is 0.476. The Labute approximate surface area is 148 Å². The van der Waals surface area contributed by atoms with Crippen LogP contribution >= 0.6 is 0 Å². The number of carbonyl (C=O) groups is 1. The SMILES string of the molecule is CC(Oc1ccccc1-c1ccccc1CN1CCOCC1)C(N)=O. The Balaban J connectivity index is 1.90. The van der Waals surface area contributed by atoms with Crippen molar-refractivity contribution in [1.29, 1.82) is 0 Å². The highest BCUT2D eigenvalue weighted by atomic mass is 16.5. The molecular weight excluding hydrogens is 316 g/mol. The molecule has 0 aromatic heterocycles. The van der Waals surface area contributed by atoms with E-state index in [9.17, 15) is 4.79 Å². The van der Waals surface area contributed by atoms with Gasteiger partial charge in [-0.1, -0.05) is 42.5 Å². The van der Waals surface area contributed by atoms with E-state index < -0.39 is 12.0 Å². The summed E-state index contributed by atoms with van der Waals surface area (Å²) in [7, 11) is 0. The summed E-state index contributed by atoms with van der Waals surface area (Å²) >= 11 is 0. The van der Waals surface area contributed by atoms with Crippen LogP contribution < -0.4 is 10.5 Å². The van der Waals surface area contributed by atoms with E-state index >= 15 is 0 Å². The fourth-order valence-corrected chi connectivity index (χ4v) is 2.96. The number of benzene rings is 2. The van der Waals surface area contributed by atoms with Crippen LogP contribution in [0.15, 0.2) is 48.5 Å². The molecule has 1 amide bonds. The van der Waals surface area contributed by atoms with Gasteiger partial charge < -0.3 is 15.2 Å². The first kappa shape index (κ1) is 17.5. The molecule has 1 heterocycles. The first-order valence-corrected chi connectivity index (χ1v) is 8.58. The molecule has 0 spiro atoms. The Morgan fingerprint density at radius 1 is 1.12 bits per heavy atom. The van der Waals surface area contributed by atoms with Gasteiger partial charge in [0, 0.05) is 25.2 Å². The number of nitrogens with zero attached hydrogens (tertiary/aromatic N) is 1. The Morgan fingerprint density at radius 3 is 2.48 bits per heavy atom. The zero-order valence-corrected chi connectivity index (χ0v) is 14.5. The molecule has 1 atom stereocenters. The lowest BCUT2D eigenvalue weighted by Crippen LogP contribution is -2.35. The van der Waals surface area contributed by atoms with Gasteiger partial charge in [0.15, 0.2) is 6.10 Å². The molecule has 132 valence electrons. The zero-order valence-electron chi connectivity index (χ0n) is 14.5. The van der Waals surface area contributed by atoms with Crippen molar-refractivity contribution in [3.8, 4) is 16.9 Å². The molecule has 1 saturated heterocycles. The van der Waals surface area contributed by atoms with Gasteiger partial charge in [-0.3, -0.25) is 9.69 Å². The molecule has 0 radical (unpaired) electrons. The third kappa shape index (κ3) is 4.38. The molecule has 3 rings (SSSR count). The van der Waals surface area contributed by atoms with Gasteiger partial charge in [-0.25, -0.2) is 0 Å². The number of amides is 1. The maximum Gasteiger partial charge on any atom is 0.258 e. The maximum absolute atomic E-state index is 11.4. The third-order valence-corrected chi connectivity index (χ3v) is 4.40. The van der Waals surface area contributed by atoms with Crippen molar-refractivity contribution in [2.75, 3.05) is 26.3 Å². The molecule has 1 aliphatic heterocycles. The summed E-state index contributed by atoms with van der Waals surface area (Å²) in [5.74, 6) is 0.194. The van der Waals surface area contributed by atoms with Crippen LogP contribution in [-0.4, -0.2) is 43.2 Å². The van der Waals surface area contributed by atoms with Crippen LogP contribution in [0.25, 0.3) is 11.1 Å². The number of primary amides is 1. The fraction of sp³-hybridized carbons (Fsp3) is 0.350. The van der Waals surface area contributed by atoms with Crippen molar-refractivity contribution >= 4 is 5.91 Å². The van der Waals surface area contributed by atoms with Crippen LogP contribution in [0, 0.1) is 0 Å². The largest absolute Gasteiger partial charge is 0.480 e. The number of carbonyl (C=O) groups excluding carboxylic acids is 1. The highest BCUT2D eigenvalue weighted by molar-refractivity contribution is 5.80. The van der Waals surface area contributed by atoms with E-state index in [1.165, 1.54) is 5.56 Å². The highest BCUT2D eigenvalue weighted by Gasteiger charge is 2.17. The lowest BCUT2D eigenvalue weighted by molar-refractivity contribution is -0.123. The molecule has 25 heavy (non-hydrogen) atoms. The summed E-state index contributed by atoms with van der Waals surface area (Å²) < 4.78 is 11.2. The van der Waals surface area contributed by atoms with Crippen molar-refractivity contribution in [1.82, 2.24) is 4.90 Å². The van der Waals surface area contributed by atoms with Crippen LogP contribution in [0.1, 0.15) is 12.5 Å².